The highest BCUT2D eigenvalue weighted by molar-refractivity contribution is 5.56. The molecule has 1 aromatic rings. The molecule has 0 bridgehead atoms. The second kappa shape index (κ2) is 6.06. The minimum atomic E-state index is 0.571. The van der Waals surface area contributed by atoms with E-state index in [0.29, 0.717) is 6.04 Å². The van der Waals surface area contributed by atoms with Crippen molar-refractivity contribution in [1.29, 1.82) is 0 Å². The number of benzene rings is 1. The zero-order valence-corrected chi connectivity index (χ0v) is 11.0. The Balaban J connectivity index is 1.73. The van der Waals surface area contributed by atoms with Crippen LogP contribution in [0.2, 0.25) is 0 Å². The third-order valence-corrected chi connectivity index (χ3v) is 3.82. The van der Waals surface area contributed by atoms with Crippen LogP contribution in [-0.2, 0) is 6.42 Å². The maximum atomic E-state index is 3.60. The summed E-state index contributed by atoms with van der Waals surface area (Å²) in [6.45, 7) is 6.78. The fourth-order valence-electron chi connectivity index (χ4n) is 2.54. The van der Waals surface area contributed by atoms with Crippen molar-refractivity contribution in [2.45, 2.75) is 39.2 Å². The van der Waals surface area contributed by atoms with Crippen molar-refractivity contribution in [3.8, 4) is 0 Å². The predicted octanol–water partition coefficient (Wildman–Crippen LogP) is 3.05. The molecule has 0 aromatic heterocycles. The summed E-state index contributed by atoms with van der Waals surface area (Å²) in [6.07, 6.45) is 3.72. The highest BCUT2D eigenvalue weighted by Crippen LogP contribution is 2.24. The lowest BCUT2D eigenvalue weighted by atomic mass is 10.0. The Kier molecular flexibility index (Phi) is 4.43. The standard InChI is InChI=1S/C15H24N2/c1-3-12(4-2)10-16-11-14-9-13-7-5-6-8-15(13)17-14/h5-8,12,14,16-17H,3-4,9-11H2,1-2H3. The zero-order chi connectivity index (χ0) is 12.1. The van der Waals surface area contributed by atoms with Crippen LogP contribution >= 0.6 is 0 Å². The van der Waals surface area contributed by atoms with Gasteiger partial charge in [-0.15, -0.1) is 0 Å². The molecule has 1 unspecified atom stereocenters. The summed E-state index contributed by atoms with van der Waals surface area (Å²) in [7, 11) is 0. The number of para-hydroxylation sites is 1. The summed E-state index contributed by atoms with van der Waals surface area (Å²) in [5.41, 5.74) is 2.78. The molecule has 0 amide bonds. The highest BCUT2D eigenvalue weighted by Gasteiger charge is 2.19. The maximum absolute atomic E-state index is 3.60. The van der Waals surface area contributed by atoms with Gasteiger partial charge >= 0.3 is 0 Å². The van der Waals surface area contributed by atoms with E-state index >= 15 is 0 Å². The van der Waals surface area contributed by atoms with Crippen molar-refractivity contribution in [2.75, 3.05) is 18.4 Å². The normalized spacial score (nSPS) is 18.2. The van der Waals surface area contributed by atoms with Crippen molar-refractivity contribution >= 4 is 5.69 Å². The molecule has 0 saturated carbocycles. The molecule has 2 rings (SSSR count). The van der Waals surface area contributed by atoms with Gasteiger partial charge < -0.3 is 10.6 Å². The first kappa shape index (κ1) is 12.4. The quantitative estimate of drug-likeness (QED) is 0.787. The molecule has 0 saturated heterocycles. The Morgan fingerprint density at radius 1 is 1.29 bits per heavy atom. The van der Waals surface area contributed by atoms with E-state index in [1.165, 1.54) is 24.1 Å². The number of rotatable bonds is 6. The van der Waals surface area contributed by atoms with Crippen molar-refractivity contribution in [3.63, 3.8) is 0 Å². The van der Waals surface area contributed by atoms with Gasteiger partial charge in [-0.2, -0.15) is 0 Å². The van der Waals surface area contributed by atoms with Crippen LogP contribution in [0.1, 0.15) is 32.3 Å². The second-order valence-electron chi connectivity index (χ2n) is 5.04. The molecule has 1 aliphatic heterocycles. The summed E-state index contributed by atoms with van der Waals surface area (Å²) in [6, 6.07) is 9.20. The Bertz CT molecular complexity index is 320. The monoisotopic (exact) mass is 232 g/mol. The smallest absolute Gasteiger partial charge is 0.0427 e. The fourth-order valence-corrected chi connectivity index (χ4v) is 2.54. The second-order valence-corrected chi connectivity index (χ2v) is 5.04. The lowest BCUT2D eigenvalue weighted by molar-refractivity contribution is 0.443. The van der Waals surface area contributed by atoms with Crippen molar-refractivity contribution in [1.82, 2.24) is 5.32 Å². The molecule has 2 heteroatoms. The van der Waals surface area contributed by atoms with Crippen molar-refractivity contribution < 1.29 is 0 Å². The van der Waals surface area contributed by atoms with E-state index in [9.17, 15) is 0 Å². The first-order valence-electron chi connectivity index (χ1n) is 6.88. The third-order valence-electron chi connectivity index (χ3n) is 3.82. The fraction of sp³-hybridized carbons (Fsp3) is 0.600. The molecule has 1 heterocycles. The Morgan fingerprint density at radius 2 is 2.06 bits per heavy atom. The summed E-state index contributed by atoms with van der Waals surface area (Å²) < 4.78 is 0. The number of fused-ring (bicyclic) bond motifs is 1. The first-order chi connectivity index (χ1) is 8.33. The van der Waals surface area contributed by atoms with Gasteiger partial charge in [0.2, 0.25) is 0 Å². The lowest BCUT2D eigenvalue weighted by Gasteiger charge is -2.16. The van der Waals surface area contributed by atoms with Crippen LogP contribution in [0, 0.1) is 5.92 Å². The van der Waals surface area contributed by atoms with Crippen LogP contribution in [0.5, 0.6) is 0 Å². The van der Waals surface area contributed by atoms with Gasteiger partial charge in [0.1, 0.15) is 0 Å². The molecule has 1 aliphatic rings. The van der Waals surface area contributed by atoms with Gasteiger partial charge in [-0.1, -0.05) is 44.9 Å². The lowest BCUT2D eigenvalue weighted by Crippen LogP contribution is -2.34. The summed E-state index contributed by atoms with van der Waals surface area (Å²) in [5, 5.41) is 7.18. The predicted molar refractivity (Wildman–Crippen MR) is 74.5 cm³/mol. The van der Waals surface area contributed by atoms with Crippen molar-refractivity contribution in [3.05, 3.63) is 29.8 Å². The van der Waals surface area contributed by atoms with E-state index in [4.69, 9.17) is 0 Å². The van der Waals surface area contributed by atoms with Crippen LogP contribution in [-0.4, -0.2) is 19.1 Å². The minimum Gasteiger partial charge on any atom is -0.380 e. The largest absolute Gasteiger partial charge is 0.380 e. The van der Waals surface area contributed by atoms with Crippen LogP contribution in [0.15, 0.2) is 24.3 Å². The Hall–Kier alpha value is -1.02. The molecular formula is C15H24N2. The van der Waals surface area contributed by atoms with E-state index in [0.717, 1.165) is 25.4 Å². The SMILES string of the molecule is CCC(CC)CNCC1Cc2ccccc2N1. The third kappa shape index (κ3) is 3.22. The van der Waals surface area contributed by atoms with E-state index in [1.807, 2.05) is 0 Å². The van der Waals surface area contributed by atoms with E-state index < -0.39 is 0 Å². The summed E-state index contributed by atoms with van der Waals surface area (Å²) >= 11 is 0. The molecule has 94 valence electrons. The number of hydrogen-bond donors (Lipinski definition) is 2. The average molecular weight is 232 g/mol. The summed E-state index contributed by atoms with van der Waals surface area (Å²) in [5.74, 6) is 0.832. The molecule has 0 radical (unpaired) electrons. The van der Waals surface area contributed by atoms with Gasteiger partial charge in [0.15, 0.2) is 0 Å². The van der Waals surface area contributed by atoms with Gasteiger partial charge in [-0.3, -0.25) is 0 Å². The number of hydrogen-bond acceptors (Lipinski definition) is 2. The molecule has 0 spiro atoms. The average Bonchev–Trinajstić information content (AvgIpc) is 2.77. The summed E-state index contributed by atoms with van der Waals surface area (Å²) in [4.78, 5) is 0. The maximum Gasteiger partial charge on any atom is 0.0427 e. The molecular weight excluding hydrogens is 208 g/mol. The topological polar surface area (TPSA) is 24.1 Å². The van der Waals surface area contributed by atoms with E-state index in [1.54, 1.807) is 0 Å². The molecule has 2 nitrogen and oxygen atoms in total. The Morgan fingerprint density at radius 3 is 2.76 bits per heavy atom. The number of anilines is 1. The van der Waals surface area contributed by atoms with Crippen molar-refractivity contribution in [2.24, 2.45) is 5.92 Å². The van der Waals surface area contributed by atoms with Crippen LogP contribution < -0.4 is 10.6 Å². The molecule has 0 fully saturated rings. The molecule has 2 N–H and O–H groups in total. The Labute approximate surface area is 105 Å². The van der Waals surface area contributed by atoms with Gasteiger partial charge in [-0.05, 0) is 30.5 Å². The molecule has 0 aliphatic carbocycles. The van der Waals surface area contributed by atoms with E-state index in [-0.39, 0.29) is 0 Å². The molecule has 1 atom stereocenters. The van der Waals surface area contributed by atoms with Gasteiger partial charge in [0.05, 0.1) is 0 Å². The van der Waals surface area contributed by atoms with Crippen LogP contribution in [0.4, 0.5) is 5.69 Å². The first-order valence-corrected chi connectivity index (χ1v) is 6.88. The molecule has 1 aromatic carbocycles. The zero-order valence-electron chi connectivity index (χ0n) is 11.0. The van der Waals surface area contributed by atoms with Gasteiger partial charge in [-0.25, -0.2) is 0 Å². The number of nitrogens with one attached hydrogen (secondary N) is 2. The van der Waals surface area contributed by atoms with E-state index in [2.05, 4.69) is 48.7 Å². The highest BCUT2D eigenvalue weighted by atomic mass is 15.0. The van der Waals surface area contributed by atoms with Gasteiger partial charge in [0.25, 0.3) is 0 Å². The van der Waals surface area contributed by atoms with Crippen LogP contribution in [0.25, 0.3) is 0 Å². The van der Waals surface area contributed by atoms with Crippen LogP contribution in [0.3, 0.4) is 0 Å². The van der Waals surface area contributed by atoms with Gasteiger partial charge in [0, 0.05) is 18.3 Å². The molecule has 17 heavy (non-hydrogen) atoms. The minimum absolute atomic E-state index is 0.571.